The van der Waals surface area contributed by atoms with Crippen LogP contribution in [0.25, 0.3) is 11.0 Å². The smallest absolute Gasteiger partial charge is 0.217 e. The van der Waals surface area contributed by atoms with E-state index in [0.29, 0.717) is 13.2 Å². The molecular weight excluding hydrogens is 362 g/mol. The van der Waals surface area contributed by atoms with E-state index in [1.807, 2.05) is 18.2 Å². The van der Waals surface area contributed by atoms with Crippen molar-refractivity contribution in [2.75, 3.05) is 6.61 Å². The number of aryl methyl sites for hydroxylation is 1. The minimum atomic E-state index is -0.0468. The number of carbonyl (C=O) groups is 1. The summed E-state index contributed by atoms with van der Waals surface area (Å²) in [4.78, 5) is 16.0. The van der Waals surface area contributed by atoms with E-state index < -0.39 is 0 Å². The number of amides is 1. The third kappa shape index (κ3) is 5.59. The summed E-state index contributed by atoms with van der Waals surface area (Å²) in [6.07, 6.45) is 1.93. The molecule has 154 valence electrons. The van der Waals surface area contributed by atoms with Crippen molar-refractivity contribution >= 4 is 16.9 Å². The normalized spacial score (nSPS) is 11.6. The van der Waals surface area contributed by atoms with Gasteiger partial charge in [0.2, 0.25) is 5.91 Å². The number of aromatic nitrogens is 2. The fourth-order valence-corrected chi connectivity index (χ4v) is 3.33. The van der Waals surface area contributed by atoms with Crippen LogP contribution in [0.15, 0.2) is 48.5 Å². The SMILES string of the molecule is CC(=O)NCc1nc2ccccc2n1CCCCOc1ccc(C(C)(C)C)cc1. The van der Waals surface area contributed by atoms with Gasteiger partial charge < -0.3 is 14.6 Å². The summed E-state index contributed by atoms with van der Waals surface area (Å²) in [7, 11) is 0. The second kappa shape index (κ2) is 9.12. The van der Waals surface area contributed by atoms with Gasteiger partial charge in [-0.1, -0.05) is 45.0 Å². The third-order valence-corrected chi connectivity index (χ3v) is 4.99. The van der Waals surface area contributed by atoms with Crippen molar-refractivity contribution < 1.29 is 9.53 Å². The van der Waals surface area contributed by atoms with Crippen molar-refractivity contribution in [2.24, 2.45) is 0 Å². The van der Waals surface area contributed by atoms with Crippen LogP contribution in [0.1, 0.15) is 51.9 Å². The highest BCUT2D eigenvalue weighted by Gasteiger charge is 2.13. The molecule has 0 fully saturated rings. The van der Waals surface area contributed by atoms with Crippen LogP contribution in [0.2, 0.25) is 0 Å². The van der Waals surface area contributed by atoms with Gasteiger partial charge in [0.05, 0.1) is 24.2 Å². The average Bonchev–Trinajstić information content (AvgIpc) is 3.03. The molecule has 1 amide bonds. The fraction of sp³-hybridized carbons (Fsp3) is 0.417. The molecule has 2 aromatic carbocycles. The van der Waals surface area contributed by atoms with E-state index in [-0.39, 0.29) is 11.3 Å². The minimum Gasteiger partial charge on any atom is -0.494 e. The van der Waals surface area contributed by atoms with Crippen molar-refractivity contribution in [1.82, 2.24) is 14.9 Å². The Morgan fingerprint density at radius 1 is 1.07 bits per heavy atom. The molecule has 0 bridgehead atoms. The standard InChI is InChI=1S/C24H31N3O2/c1-18(28)25-17-23-26-21-9-5-6-10-22(21)27(23)15-7-8-16-29-20-13-11-19(12-14-20)24(2,3)4/h5-6,9-14H,7-8,15-17H2,1-4H3,(H,25,28). The second-order valence-corrected chi connectivity index (χ2v) is 8.41. The van der Waals surface area contributed by atoms with E-state index in [4.69, 9.17) is 4.74 Å². The third-order valence-electron chi connectivity index (χ3n) is 4.99. The van der Waals surface area contributed by atoms with Gasteiger partial charge in [-0.3, -0.25) is 4.79 Å². The van der Waals surface area contributed by atoms with Crippen molar-refractivity contribution in [2.45, 2.75) is 59.0 Å². The number of rotatable bonds is 8. The quantitative estimate of drug-likeness (QED) is 0.558. The molecule has 0 aliphatic carbocycles. The number of hydrogen-bond donors (Lipinski definition) is 1. The lowest BCUT2D eigenvalue weighted by Gasteiger charge is -2.19. The molecule has 5 heteroatoms. The Kier molecular flexibility index (Phi) is 6.57. The topological polar surface area (TPSA) is 56.2 Å². The predicted octanol–water partition coefficient (Wildman–Crippen LogP) is 4.83. The average molecular weight is 394 g/mol. The number of unbranched alkanes of at least 4 members (excludes halogenated alkanes) is 1. The molecule has 1 heterocycles. The maximum absolute atomic E-state index is 11.3. The minimum absolute atomic E-state index is 0.0468. The van der Waals surface area contributed by atoms with Crippen molar-refractivity contribution in [3.8, 4) is 5.75 Å². The van der Waals surface area contributed by atoms with E-state index in [0.717, 1.165) is 42.0 Å². The Balaban J connectivity index is 1.54. The van der Waals surface area contributed by atoms with E-state index >= 15 is 0 Å². The number of para-hydroxylation sites is 2. The molecule has 3 aromatic rings. The van der Waals surface area contributed by atoms with Gasteiger partial charge in [0.25, 0.3) is 0 Å². The Hall–Kier alpha value is -2.82. The molecule has 1 aromatic heterocycles. The van der Waals surface area contributed by atoms with E-state index in [1.54, 1.807) is 0 Å². The molecule has 0 aliphatic rings. The van der Waals surface area contributed by atoms with Crippen LogP contribution in [0.5, 0.6) is 5.75 Å². The van der Waals surface area contributed by atoms with Gasteiger partial charge in [0.15, 0.2) is 0 Å². The molecule has 0 radical (unpaired) electrons. The molecule has 0 atom stereocenters. The zero-order valence-electron chi connectivity index (χ0n) is 17.9. The molecule has 0 spiro atoms. The largest absolute Gasteiger partial charge is 0.494 e. The molecule has 0 saturated heterocycles. The first-order valence-corrected chi connectivity index (χ1v) is 10.3. The number of carbonyl (C=O) groups excluding carboxylic acids is 1. The van der Waals surface area contributed by atoms with Crippen molar-refractivity contribution in [1.29, 1.82) is 0 Å². The molecule has 0 saturated carbocycles. The molecule has 3 rings (SSSR count). The zero-order valence-corrected chi connectivity index (χ0v) is 17.9. The maximum Gasteiger partial charge on any atom is 0.217 e. The maximum atomic E-state index is 11.3. The van der Waals surface area contributed by atoms with Crippen LogP contribution in [0, 0.1) is 0 Å². The Bertz CT molecular complexity index is 952. The first kappa shape index (κ1) is 20.9. The summed E-state index contributed by atoms with van der Waals surface area (Å²) in [5.74, 6) is 1.76. The molecule has 0 aliphatic heterocycles. The van der Waals surface area contributed by atoms with Crippen LogP contribution < -0.4 is 10.1 Å². The highest BCUT2D eigenvalue weighted by atomic mass is 16.5. The lowest BCUT2D eigenvalue weighted by atomic mass is 9.87. The number of imidazole rings is 1. The second-order valence-electron chi connectivity index (χ2n) is 8.41. The molecule has 5 nitrogen and oxygen atoms in total. The first-order valence-electron chi connectivity index (χ1n) is 10.3. The monoisotopic (exact) mass is 393 g/mol. The number of nitrogens with zero attached hydrogens (tertiary/aromatic N) is 2. The first-order chi connectivity index (χ1) is 13.8. The van der Waals surface area contributed by atoms with Crippen LogP contribution in [-0.4, -0.2) is 22.1 Å². The van der Waals surface area contributed by atoms with Crippen LogP contribution in [-0.2, 0) is 23.3 Å². The van der Waals surface area contributed by atoms with Crippen LogP contribution in [0.4, 0.5) is 0 Å². The zero-order chi connectivity index (χ0) is 20.9. The highest BCUT2D eigenvalue weighted by Crippen LogP contribution is 2.24. The number of benzene rings is 2. The fourth-order valence-electron chi connectivity index (χ4n) is 3.33. The van der Waals surface area contributed by atoms with Crippen molar-refractivity contribution in [3.63, 3.8) is 0 Å². The number of nitrogens with one attached hydrogen (secondary N) is 1. The van der Waals surface area contributed by atoms with Gasteiger partial charge in [0.1, 0.15) is 11.6 Å². The van der Waals surface area contributed by atoms with Gasteiger partial charge in [-0.05, 0) is 48.1 Å². The van der Waals surface area contributed by atoms with Gasteiger partial charge in [0, 0.05) is 13.5 Å². The Labute approximate surface area is 173 Å². The van der Waals surface area contributed by atoms with Gasteiger partial charge in [-0.25, -0.2) is 4.98 Å². The summed E-state index contributed by atoms with van der Waals surface area (Å²) >= 11 is 0. The number of fused-ring (bicyclic) bond motifs is 1. The van der Waals surface area contributed by atoms with Gasteiger partial charge >= 0.3 is 0 Å². The number of ether oxygens (including phenoxy) is 1. The predicted molar refractivity (Wildman–Crippen MR) is 117 cm³/mol. The van der Waals surface area contributed by atoms with Gasteiger partial charge in [-0.2, -0.15) is 0 Å². The summed E-state index contributed by atoms with van der Waals surface area (Å²) in [5.41, 5.74) is 3.53. The Morgan fingerprint density at radius 2 is 1.79 bits per heavy atom. The van der Waals surface area contributed by atoms with Gasteiger partial charge in [-0.15, -0.1) is 0 Å². The molecule has 29 heavy (non-hydrogen) atoms. The molecule has 1 N–H and O–H groups in total. The van der Waals surface area contributed by atoms with Crippen LogP contribution >= 0.6 is 0 Å². The molecule has 0 unspecified atom stereocenters. The lowest BCUT2D eigenvalue weighted by molar-refractivity contribution is -0.119. The molecular formula is C24H31N3O2. The summed E-state index contributed by atoms with van der Waals surface area (Å²) in [6, 6.07) is 16.5. The lowest BCUT2D eigenvalue weighted by Crippen LogP contribution is -2.21. The highest BCUT2D eigenvalue weighted by molar-refractivity contribution is 5.76. The van der Waals surface area contributed by atoms with Crippen LogP contribution in [0.3, 0.4) is 0 Å². The summed E-state index contributed by atoms with van der Waals surface area (Å²) in [5, 5.41) is 2.85. The summed E-state index contributed by atoms with van der Waals surface area (Å²) < 4.78 is 8.11. The Morgan fingerprint density at radius 3 is 2.48 bits per heavy atom. The summed E-state index contributed by atoms with van der Waals surface area (Å²) in [6.45, 7) is 10.1. The van der Waals surface area contributed by atoms with E-state index in [1.165, 1.54) is 12.5 Å². The van der Waals surface area contributed by atoms with Crippen molar-refractivity contribution in [3.05, 3.63) is 59.9 Å². The number of hydrogen-bond acceptors (Lipinski definition) is 3. The van der Waals surface area contributed by atoms with E-state index in [2.05, 4.69) is 66.0 Å². The van der Waals surface area contributed by atoms with E-state index in [9.17, 15) is 4.79 Å².